The van der Waals surface area contributed by atoms with Crippen molar-refractivity contribution in [1.82, 2.24) is 4.90 Å². The van der Waals surface area contributed by atoms with E-state index in [1.807, 2.05) is 0 Å². The fraction of sp³-hybridized carbons (Fsp3) is 0.385. The number of nitrogens with zero attached hydrogens (tertiary/aromatic N) is 1. The Morgan fingerprint density at radius 3 is 2.37 bits per heavy atom. The van der Waals surface area contributed by atoms with Gasteiger partial charge in [0.1, 0.15) is 0 Å². The lowest BCUT2D eigenvalue weighted by Gasteiger charge is -2.18. The molecule has 0 unspecified atom stereocenters. The van der Waals surface area contributed by atoms with Crippen LogP contribution in [0.25, 0.3) is 0 Å². The maximum Gasteiger partial charge on any atom is 0.254 e. The molecule has 104 valence electrons. The largest absolute Gasteiger partial charge is 0.345 e. The van der Waals surface area contributed by atoms with Crippen molar-refractivity contribution in [3.8, 4) is 0 Å². The number of rotatable bonds is 3. The Morgan fingerprint density at radius 1 is 1.32 bits per heavy atom. The van der Waals surface area contributed by atoms with Crippen molar-refractivity contribution < 1.29 is 9.59 Å². The van der Waals surface area contributed by atoms with Crippen LogP contribution in [0.4, 0.5) is 5.69 Å². The van der Waals surface area contributed by atoms with E-state index >= 15 is 0 Å². The van der Waals surface area contributed by atoms with E-state index in [1.54, 1.807) is 40.1 Å². The second-order valence-electron chi connectivity index (χ2n) is 5.07. The van der Waals surface area contributed by atoms with E-state index in [0.29, 0.717) is 16.3 Å². The molecule has 0 aromatic heterocycles. The van der Waals surface area contributed by atoms with Crippen LogP contribution in [0.5, 0.6) is 0 Å². The number of benzene rings is 1. The molecule has 0 saturated heterocycles. The topological polar surface area (TPSA) is 75.4 Å². The SMILES string of the molecule is CN(C)C(=O)c1cc(NC(=O)C(C)(C)N)ccc1Cl. The molecular formula is C13H18ClN3O2. The maximum atomic E-state index is 11.9. The minimum Gasteiger partial charge on any atom is -0.345 e. The Kier molecular flexibility index (Phi) is 4.55. The highest BCUT2D eigenvalue weighted by Crippen LogP contribution is 2.22. The zero-order chi connectivity index (χ0) is 14.8. The molecule has 1 rings (SSSR count). The van der Waals surface area contributed by atoms with Crippen molar-refractivity contribution in [2.45, 2.75) is 19.4 Å². The Hall–Kier alpha value is -1.59. The summed E-state index contributed by atoms with van der Waals surface area (Å²) in [6.45, 7) is 3.20. The number of hydrogen-bond acceptors (Lipinski definition) is 3. The van der Waals surface area contributed by atoms with Gasteiger partial charge >= 0.3 is 0 Å². The second kappa shape index (κ2) is 5.59. The van der Waals surface area contributed by atoms with Crippen LogP contribution in [0, 0.1) is 0 Å². The first-order valence-corrected chi connectivity index (χ1v) is 6.12. The number of halogens is 1. The summed E-state index contributed by atoms with van der Waals surface area (Å²) in [7, 11) is 3.26. The molecule has 0 bridgehead atoms. The van der Waals surface area contributed by atoms with Gasteiger partial charge in [0.05, 0.1) is 16.1 Å². The molecule has 19 heavy (non-hydrogen) atoms. The summed E-state index contributed by atoms with van der Waals surface area (Å²) in [5.74, 6) is -0.564. The van der Waals surface area contributed by atoms with Crippen LogP contribution >= 0.6 is 11.6 Å². The van der Waals surface area contributed by atoms with Gasteiger partial charge in [-0.3, -0.25) is 9.59 Å². The molecule has 5 nitrogen and oxygen atoms in total. The second-order valence-corrected chi connectivity index (χ2v) is 5.48. The van der Waals surface area contributed by atoms with Gasteiger partial charge in [0.25, 0.3) is 5.91 Å². The van der Waals surface area contributed by atoms with E-state index in [9.17, 15) is 9.59 Å². The molecule has 0 saturated carbocycles. The van der Waals surface area contributed by atoms with Crippen molar-refractivity contribution >= 4 is 29.1 Å². The maximum absolute atomic E-state index is 11.9. The van der Waals surface area contributed by atoms with E-state index in [-0.39, 0.29) is 11.8 Å². The zero-order valence-corrected chi connectivity index (χ0v) is 12.2. The number of anilines is 1. The molecule has 6 heteroatoms. The van der Waals surface area contributed by atoms with Crippen molar-refractivity contribution in [2.24, 2.45) is 5.73 Å². The van der Waals surface area contributed by atoms with Gasteiger partial charge in [0, 0.05) is 19.8 Å². The third-order valence-corrected chi connectivity index (χ3v) is 2.78. The predicted octanol–water partition coefficient (Wildman–Crippen LogP) is 1.72. The molecule has 1 aromatic carbocycles. The highest BCUT2D eigenvalue weighted by atomic mass is 35.5. The van der Waals surface area contributed by atoms with E-state index in [0.717, 1.165) is 0 Å². The lowest BCUT2D eigenvalue weighted by atomic mass is 10.1. The van der Waals surface area contributed by atoms with E-state index < -0.39 is 5.54 Å². The van der Waals surface area contributed by atoms with Gasteiger partial charge in [-0.15, -0.1) is 0 Å². The van der Waals surface area contributed by atoms with E-state index in [4.69, 9.17) is 17.3 Å². The van der Waals surface area contributed by atoms with Crippen molar-refractivity contribution in [1.29, 1.82) is 0 Å². The molecule has 3 N–H and O–H groups in total. The summed E-state index contributed by atoms with van der Waals surface area (Å²) in [4.78, 5) is 25.1. The van der Waals surface area contributed by atoms with Crippen LogP contribution in [-0.2, 0) is 4.79 Å². The van der Waals surface area contributed by atoms with Gasteiger partial charge in [-0.05, 0) is 32.0 Å². The Balaban J connectivity index is 3.04. The summed E-state index contributed by atoms with van der Waals surface area (Å²) in [6, 6.07) is 4.73. The average molecular weight is 284 g/mol. The quantitative estimate of drug-likeness (QED) is 0.887. The minimum atomic E-state index is -0.995. The Bertz CT molecular complexity index is 507. The van der Waals surface area contributed by atoms with Crippen molar-refractivity contribution in [3.63, 3.8) is 0 Å². The molecular weight excluding hydrogens is 266 g/mol. The first-order valence-electron chi connectivity index (χ1n) is 5.74. The van der Waals surface area contributed by atoms with Crippen molar-refractivity contribution in [2.75, 3.05) is 19.4 Å². The van der Waals surface area contributed by atoms with Crippen LogP contribution in [0.2, 0.25) is 5.02 Å². The molecule has 0 heterocycles. The van der Waals surface area contributed by atoms with Crippen LogP contribution in [0.3, 0.4) is 0 Å². The molecule has 0 atom stereocenters. The first-order chi connectivity index (χ1) is 8.62. The number of carbonyl (C=O) groups excluding carboxylic acids is 2. The predicted molar refractivity (Wildman–Crippen MR) is 76.4 cm³/mol. The monoisotopic (exact) mass is 283 g/mol. The van der Waals surface area contributed by atoms with Gasteiger partial charge < -0.3 is 16.0 Å². The molecule has 0 fully saturated rings. The third-order valence-electron chi connectivity index (χ3n) is 2.45. The smallest absolute Gasteiger partial charge is 0.254 e. The third kappa shape index (κ3) is 3.94. The normalized spacial score (nSPS) is 11.1. The summed E-state index contributed by atoms with van der Waals surface area (Å²) in [5.41, 5.74) is 5.51. The fourth-order valence-electron chi connectivity index (χ4n) is 1.30. The highest BCUT2D eigenvalue weighted by molar-refractivity contribution is 6.34. The van der Waals surface area contributed by atoms with Gasteiger partial charge in [0.15, 0.2) is 0 Å². The van der Waals surface area contributed by atoms with Gasteiger partial charge in [-0.2, -0.15) is 0 Å². The standard InChI is InChI=1S/C13H18ClN3O2/c1-13(2,15)12(19)16-8-5-6-10(14)9(7-8)11(18)17(3)4/h5-7H,15H2,1-4H3,(H,16,19). The fourth-order valence-corrected chi connectivity index (χ4v) is 1.50. The molecule has 0 aliphatic rings. The molecule has 0 aliphatic carbocycles. The van der Waals surface area contributed by atoms with Crippen LogP contribution in [0.15, 0.2) is 18.2 Å². The van der Waals surface area contributed by atoms with Gasteiger partial charge in [0.2, 0.25) is 5.91 Å². The lowest BCUT2D eigenvalue weighted by molar-refractivity contribution is -0.120. The Morgan fingerprint density at radius 2 is 1.89 bits per heavy atom. The van der Waals surface area contributed by atoms with Crippen LogP contribution in [0.1, 0.15) is 24.2 Å². The summed E-state index contributed by atoms with van der Waals surface area (Å²) in [5, 5.41) is 2.99. The molecule has 0 spiro atoms. The van der Waals surface area contributed by atoms with Crippen LogP contribution < -0.4 is 11.1 Å². The number of amides is 2. The minimum absolute atomic E-state index is 0.229. The summed E-state index contributed by atoms with van der Waals surface area (Å²) >= 11 is 5.98. The zero-order valence-electron chi connectivity index (χ0n) is 11.5. The van der Waals surface area contributed by atoms with Crippen LogP contribution in [-0.4, -0.2) is 36.3 Å². The molecule has 1 aromatic rings. The van der Waals surface area contributed by atoms with E-state index in [1.165, 1.54) is 11.0 Å². The summed E-state index contributed by atoms with van der Waals surface area (Å²) < 4.78 is 0. The number of carbonyl (C=O) groups is 2. The number of hydrogen-bond donors (Lipinski definition) is 2. The lowest BCUT2D eigenvalue weighted by Crippen LogP contribution is -2.45. The summed E-state index contributed by atoms with van der Waals surface area (Å²) in [6.07, 6.45) is 0. The number of nitrogens with one attached hydrogen (secondary N) is 1. The highest BCUT2D eigenvalue weighted by Gasteiger charge is 2.22. The van der Waals surface area contributed by atoms with Crippen molar-refractivity contribution in [3.05, 3.63) is 28.8 Å². The molecule has 2 amide bonds. The Labute approximate surface area is 117 Å². The average Bonchev–Trinajstić information content (AvgIpc) is 2.29. The molecule has 0 aliphatic heterocycles. The number of nitrogens with two attached hydrogens (primary N) is 1. The van der Waals surface area contributed by atoms with Gasteiger partial charge in [-0.25, -0.2) is 0 Å². The first kappa shape index (κ1) is 15.5. The molecule has 0 radical (unpaired) electrons. The van der Waals surface area contributed by atoms with E-state index in [2.05, 4.69) is 5.32 Å². The van der Waals surface area contributed by atoms with Gasteiger partial charge in [-0.1, -0.05) is 11.6 Å².